The highest BCUT2D eigenvalue weighted by atomic mass is 32.1. The Labute approximate surface area is 326 Å². The van der Waals surface area contributed by atoms with Crippen LogP contribution >= 0.6 is 11.3 Å². The molecule has 1 aliphatic rings. The molecule has 0 saturated heterocycles. The smallest absolute Gasteiger partial charge is 0.164 e. The first-order valence-electron chi connectivity index (χ1n) is 18.8. The highest BCUT2D eigenvalue weighted by Gasteiger charge is 2.19. The first kappa shape index (κ1) is 34.3. The van der Waals surface area contributed by atoms with E-state index in [1.807, 2.05) is 11.3 Å². The number of benzene rings is 6. The predicted molar refractivity (Wildman–Crippen MR) is 234 cm³/mol. The van der Waals surface area contributed by atoms with Crippen LogP contribution in [-0.4, -0.2) is 15.0 Å². The van der Waals surface area contributed by atoms with Gasteiger partial charge in [-0.3, -0.25) is 0 Å². The van der Waals surface area contributed by atoms with E-state index in [1.165, 1.54) is 59.1 Å². The fourth-order valence-corrected chi connectivity index (χ4v) is 8.51. The summed E-state index contributed by atoms with van der Waals surface area (Å²) >= 11 is 1.81. The molecule has 1 aliphatic carbocycles. The minimum atomic E-state index is 0.328. The molecule has 6 aromatic carbocycles. The monoisotopic (exact) mass is 725 g/mol. The maximum atomic E-state index is 5.21. The van der Waals surface area contributed by atoms with Gasteiger partial charge in [0.2, 0.25) is 0 Å². The van der Waals surface area contributed by atoms with Crippen molar-refractivity contribution in [2.75, 3.05) is 0 Å². The molecule has 3 nitrogen and oxygen atoms in total. The summed E-state index contributed by atoms with van der Waals surface area (Å²) in [4.78, 5) is 15.5. The molecule has 264 valence electrons. The van der Waals surface area contributed by atoms with Crippen molar-refractivity contribution in [2.45, 2.75) is 20.8 Å². The molecule has 9 rings (SSSR count). The molecule has 4 heteroatoms. The van der Waals surface area contributed by atoms with Gasteiger partial charge in [0.05, 0.1) is 0 Å². The molecule has 2 heterocycles. The SMILES string of the molecule is C/C=C(\C=C(/C)c1ccccc1)c1ccc(-c2nc(C3=CC(C)C=C3)nc(-c3cccc4sc5ccc(-c6ccc(-c7ccccc7)cc6)cc5c34)n2)cc1. The molecule has 0 N–H and O–H groups in total. The molecule has 55 heavy (non-hydrogen) atoms. The van der Waals surface area contributed by atoms with Gasteiger partial charge in [-0.2, -0.15) is 0 Å². The van der Waals surface area contributed by atoms with Gasteiger partial charge in [-0.15, -0.1) is 11.3 Å². The number of nitrogens with zero attached hydrogens (tertiary/aromatic N) is 3. The van der Waals surface area contributed by atoms with Gasteiger partial charge in [0, 0.05) is 36.9 Å². The number of aromatic nitrogens is 3. The van der Waals surface area contributed by atoms with Crippen LogP contribution in [0.5, 0.6) is 0 Å². The highest BCUT2D eigenvalue weighted by molar-refractivity contribution is 7.26. The second-order valence-corrected chi connectivity index (χ2v) is 15.2. The fourth-order valence-electron chi connectivity index (χ4n) is 7.39. The van der Waals surface area contributed by atoms with Crippen LogP contribution in [0.2, 0.25) is 0 Å². The number of hydrogen-bond acceptors (Lipinski definition) is 4. The van der Waals surface area contributed by atoms with Crippen LogP contribution < -0.4 is 0 Å². The van der Waals surface area contributed by atoms with Gasteiger partial charge >= 0.3 is 0 Å². The molecule has 0 amide bonds. The van der Waals surface area contributed by atoms with Crippen molar-refractivity contribution in [3.05, 3.63) is 193 Å². The molecule has 0 bridgehead atoms. The molecule has 0 saturated carbocycles. The Hall–Kier alpha value is -6.49. The third kappa shape index (κ3) is 6.89. The van der Waals surface area contributed by atoms with E-state index in [9.17, 15) is 0 Å². The van der Waals surface area contributed by atoms with Crippen molar-refractivity contribution in [3.63, 3.8) is 0 Å². The first-order valence-corrected chi connectivity index (χ1v) is 19.6. The van der Waals surface area contributed by atoms with E-state index in [4.69, 9.17) is 15.0 Å². The van der Waals surface area contributed by atoms with Crippen molar-refractivity contribution in [1.29, 1.82) is 0 Å². The van der Waals surface area contributed by atoms with Crippen LogP contribution in [-0.2, 0) is 0 Å². The molecule has 1 unspecified atom stereocenters. The molecule has 0 radical (unpaired) electrons. The zero-order chi connectivity index (χ0) is 37.3. The van der Waals surface area contributed by atoms with Crippen LogP contribution in [0.15, 0.2) is 176 Å². The Morgan fingerprint density at radius 1 is 0.582 bits per heavy atom. The minimum absolute atomic E-state index is 0.328. The largest absolute Gasteiger partial charge is 0.208 e. The maximum absolute atomic E-state index is 5.21. The summed E-state index contributed by atoms with van der Waals surface area (Å²) in [5, 5.41) is 2.38. The lowest BCUT2D eigenvalue weighted by Crippen LogP contribution is -2.02. The second kappa shape index (κ2) is 14.7. The zero-order valence-corrected chi connectivity index (χ0v) is 31.9. The lowest BCUT2D eigenvalue weighted by molar-refractivity contribution is 0.957. The summed E-state index contributed by atoms with van der Waals surface area (Å²) in [5.41, 5.74) is 12.5. The molecule has 0 spiro atoms. The minimum Gasteiger partial charge on any atom is -0.208 e. The van der Waals surface area contributed by atoms with Gasteiger partial charge < -0.3 is 0 Å². The molecule has 1 atom stereocenters. The number of hydrogen-bond donors (Lipinski definition) is 0. The number of thiophene rings is 1. The summed E-state index contributed by atoms with van der Waals surface area (Å²) in [6.07, 6.45) is 11.0. The first-order chi connectivity index (χ1) is 27.0. The van der Waals surface area contributed by atoms with Gasteiger partial charge in [-0.05, 0) is 82.5 Å². The highest BCUT2D eigenvalue weighted by Crippen LogP contribution is 2.41. The maximum Gasteiger partial charge on any atom is 0.164 e. The quantitative estimate of drug-likeness (QED) is 0.146. The molecular weight excluding hydrogens is 687 g/mol. The lowest BCUT2D eigenvalue weighted by Gasteiger charge is -2.11. The van der Waals surface area contributed by atoms with Crippen molar-refractivity contribution in [1.82, 2.24) is 15.0 Å². The Balaban J connectivity index is 1.12. The number of fused-ring (bicyclic) bond motifs is 3. The van der Waals surface area contributed by atoms with Crippen molar-refractivity contribution < 1.29 is 0 Å². The number of rotatable bonds is 8. The normalized spacial score (nSPS) is 14.5. The standard InChI is InChI=1S/C51H39N3S/c1-4-35(31-34(3)36-12-7-5-8-13-36)38-24-26-41(27-25-38)49-52-50(43-19-18-33(2)30-43)54-51(53-49)44-16-11-17-47-48(44)45-32-42(28-29-46(45)55-47)40-22-20-39(21-23-40)37-14-9-6-10-15-37/h4-33H,1-3H3/b34-31+,35-4+. The second-order valence-electron chi connectivity index (χ2n) is 14.1. The van der Waals surface area contributed by atoms with Gasteiger partial charge in [-0.1, -0.05) is 165 Å². The van der Waals surface area contributed by atoms with E-state index >= 15 is 0 Å². The average molecular weight is 726 g/mol. The third-order valence-corrected chi connectivity index (χ3v) is 11.5. The van der Waals surface area contributed by atoms with Crippen molar-refractivity contribution >= 4 is 48.2 Å². The average Bonchev–Trinajstić information content (AvgIpc) is 3.86. The van der Waals surface area contributed by atoms with Gasteiger partial charge in [-0.25, -0.2) is 15.0 Å². The summed E-state index contributed by atoms with van der Waals surface area (Å²) in [6.45, 7) is 6.43. The van der Waals surface area contributed by atoms with Gasteiger partial charge in [0.15, 0.2) is 17.5 Å². The summed E-state index contributed by atoms with van der Waals surface area (Å²) in [7, 11) is 0. The predicted octanol–water partition coefficient (Wildman–Crippen LogP) is 14.0. The van der Waals surface area contributed by atoms with E-state index in [2.05, 4.69) is 197 Å². The van der Waals surface area contributed by atoms with Gasteiger partial charge in [0.25, 0.3) is 0 Å². The van der Waals surface area contributed by atoms with E-state index in [0.29, 0.717) is 23.4 Å². The van der Waals surface area contributed by atoms with Crippen LogP contribution in [0.25, 0.3) is 81.9 Å². The van der Waals surface area contributed by atoms with Crippen LogP contribution in [0.4, 0.5) is 0 Å². The Kier molecular flexibility index (Phi) is 9.19. The summed E-state index contributed by atoms with van der Waals surface area (Å²) < 4.78 is 2.45. The van der Waals surface area contributed by atoms with Crippen LogP contribution in [0.1, 0.15) is 37.7 Å². The Bertz CT molecular complexity index is 2810. The third-order valence-electron chi connectivity index (χ3n) is 10.4. The summed E-state index contributed by atoms with van der Waals surface area (Å²) in [6, 6.07) is 51.8. The van der Waals surface area contributed by atoms with Crippen molar-refractivity contribution in [3.8, 4) is 45.0 Å². The van der Waals surface area contributed by atoms with Crippen molar-refractivity contribution in [2.24, 2.45) is 5.92 Å². The van der Waals surface area contributed by atoms with E-state index in [-0.39, 0.29) is 0 Å². The lowest BCUT2D eigenvalue weighted by atomic mass is 9.98. The van der Waals surface area contributed by atoms with Gasteiger partial charge in [0.1, 0.15) is 0 Å². The molecule has 8 aromatic rings. The number of allylic oxidation sites excluding steroid dienone is 8. The molecule has 2 aromatic heterocycles. The zero-order valence-electron chi connectivity index (χ0n) is 31.1. The van der Waals surface area contributed by atoms with Crippen LogP contribution in [0.3, 0.4) is 0 Å². The van der Waals surface area contributed by atoms with E-state index < -0.39 is 0 Å². The topological polar surface area (TPSA) is 38.7 Å². The summed E-state index contributed by atoms with van der Waals surface area (Å²) in [5.74, 6) is 2.36. The van der Waals surface area contributed by atoms with E-state index in [1.54, 1.807) is 0 Å². The Morgan fingerprint density at radius 2 is 1.22 bits per heavy atom. The molecular formula is C51H39N3S. The Morgan fingerprint density at radius 3 is 1.93 bits per heavy atom. The molecule has 0 aliphatic heterocycles. The van der Waals surface area contributed by atoms with Crippen LogP contribution in [0, 0.1) is 5.92 Å². The molecule has 0 fully saturated rings. The van der Waals surface area contributed by atoms with E-state index in [0.717, 1.165) is 22.3 Å². The fraction of sp³-hybridized carbons (Fsp3) is 0.0784.